The lowest BCUT2D eigenvalue weighted by molar-refractivity contribution is -0.139. The van der Waals surface area contributed by atoms with Crippen molar-refractivity contribution in [2.75, 3.05) is 20.2 Å². The molecule has 0 aliphatic rings. The van der Waals surface area contributed by atoms with Crippen LogP contribution in [0.4, 0.5) is 0 Å². The molecule has 5 N–H and O–H groups in total. The number of thioether (sulfide) groups is 1. The Morgan fingerprint density at radius 1 is 0.690 bits per heavy atom. The van der Waals surface area contributed by atoms with Crippen molar-refractivity contribution >= 4 is 63.4 Å². The summed E-state index contributed by atoms with van der Waals surface area (Å²) < 4.78 is 11.8. The maximum Gasteiger partial charge on any atom is 0.318 e. The van der Waals surface area contributed by atoms with E-state index < -0.39 is 34.5 Å². The van der Waals surface area contributed by atoms with E-state index in [0.29, 0.717) is 39.0 Å². The number of aromatic hydroxyl groups is 3. The Bertz CT molecular complexity index is 1960. The number of fused-ring (bicyclic) bond motifs is 1. The molecule has 0 spiro atoms. The molecule has 0 bridgehead atoms. The second kappa shape index (κ2) is 24.7. The van der Waals surface area contributed by atoms with Gasteiger partial charge in [-0.2, -0.15) is 0 Å². The lowest BCUT2D eigenvalue weighted by Crippen LogP contribution is -2.24. The molecular formula is C43H58N4O8S3. The first-order valence-corrected chi connectivity index (χ1v) is 22.9. The van der Waals surface area contributed by atoms with Crippen molar-refractivity contribution in [2.24, 2.45) is 0 Å². The fourth-order valence-corrected chi connectivity index (χ4v) is 9.64. The number of phenols is 3. The minimum atomic E-state index is -0.645. The second-order valence-electron chi connectivity index (χ2n) is 14.2. The Kier molecular flexibility index (Phi) is 19.8. The molecule has 2 amide bonds. The van der Waals surface area contributed by atoms with Crippen LogP contribution in [0.5, 0.6) is 28.7 Å². The number of hydrogen-bond donors (Lipinski definition) is 5. The Morgan fingerprint density at radius 3 is 1.86 bits per heavy atom. The fourth-order valence-electron chi connectivity index (χ4n) is 6.36. The van der Waals surface area contributed by atoms with E-state index in [4.69, 9.17) is 9.47 Å². The summed E-state index contributed by atoms with van der Waals surface area (Å²) in [5.74, 6) is -3.02. The molecule has 58 heavy (non-hydrogen) atoms. The van der Waals surface area contributed by atoms with Crippen LogP contribution in [0.2, 0.25) is 0 Å². The van der Waals surface area contributed by atoms with Crippen molar-refractivity contribution in [1.82, 2.24) is 20.8 Å². The van der Waals surface area contributed by atoms with Crippen molar-refractivity contribution in [2.45, 2.75) is 136 Å². The van der Waals surface area contributed by atoms with Gasteiger partial charge < -0.3 is 35.4 Å². The molecule has 0 radical (unpaired) electrons. The predicted octanol–water partition coefficient (Wildman–Crippen LogP) is 10.8. The van der Waals surface area contributed by atoms with Crippen LogP contribution in [-0.4, -0.2) is 68.7 Å². The first-order chi connectivity index (χ1) is 28.1. The van der Waals surface area contributed by atoms with Crippen LogP contribution < -0.4 is 15.4 Å². The van der Waals surface area contributed by atoms with Crippen molar-refractivity contribution in [1.29, 1.82) is 0 Å². The maximum absolute atomic E-state index is 13.5. The van der Waals surface area contributed by atoms with Gasteiger partial charge in [0, 0.05) is 23.9 Å². The highest BCUT2D eigenvalue weighted by Crippen LogP contribution is 2.50. The van der Waals surface area contributed by atoms with Gasteiger partial charge in [0.05, 0.1) is 23.1 Å². The predicted molar refractivity (Wildman–Crippen MR) is 232 cm³/mol. The third kappa shape index (κ3) is 13.7. The van der Waals surface area contributed by atoms with Gasteiger partial charge in [0.2, 0.25) is 5.75 Å². The first kappa shape index (κ1) is 46.5. The minimum absolute atomic E-state index is 0.00491. The van der Waals surface area contributed by atoms with Crippen LogP contribution in [0.25, 0.3) is 10.8 Å². The molecule has 316 valence electrons. The summed E-state index contributed by atoms with van der Waals surface area (Å²) in [6.45, 7) is 6.63. The quantitative estimate of drug-likeness (QED) is 0.0175. The number of esters is 1. The molecule has 0 fully saturated rings. The number of methoxy groups -OCH3 is 1. The van der Waals surface area contributed by atoms with Gasteiger partial charge in [0.25, 0.3) is 11.8 Å². The molecule has 4 aromatic rings. The van der Waals surface area contributed by atoms with Crippen LogP contribution in [0.15, 0.2) is 50.0 Å². The van der Waals surface area contributed by atoms with Crippen LogP contribution in [0, 0.1) is 0 Å². The molecule has 3 aromatic carbocycles. The number of carbonyl (C=O) groups excluding carboxylic acids is 3. The highest BCUT2D eigenvalue weighted by Gasteiger charge is 2.27. The van der Waals surface area contributed by atoms with E-state index in [9.17, 15) is 29.7 Å². The number of benzene rings is 3. The van der Waals surface area contributed by atoms with Gasteiger partial charge in [-0.15, -0.1) is 10.2 Å². The number of phenolic OH excluding ortho intramolecular Hbond substituents is 3. The van der Waals surface area contributed by atoms with Crippen LogP contribution in [0.3, 0.4) is 0 Å². The van der Waals surface area contributed by atoms with E-state index in [2.05, 4.69) is 27.8 Å². The lowest BCUT2D eigenvalue weighted by Gasteiger charge is -2.17. The number of nitrogens with zero attached hydrogens (tertiary/aromatic N) is 2. The highest BCUT2D eigenvalue weighted by atomic mass is 32.2. The topological polar surface area (TPSA) is 180 Å². The number of amides is 2. The zero-order valence-electron chi connectivity index (χ0n) is 34.1. The largest absolute Gasteiger partial charge is 0.506 e. The van der Waals surface area contributed by atoms with Crippen molar-refractivity contribution in [3.05, 3.63) is 47.5 Å². The number of aromatic nitrogens is 2. The van der Waals surface area contributed by atoms with Gasteiger partial charge in [-0.05, 0) is 31.9 Å². The molecule has 1 heterocycles. The van der Waals surface area contributed by atoms with Gasteiger partial charge in [-0.25, -0.2) is 0 Å². The van der Waals surface area contributed by atoms with Crippen molar-refractivity contribution in [3.8, 4) is 28.7 Å². The Labute approximate surface area is 354 Å². The smallest absolute Gasteiger partial charge is 0.318 e. The van der Waals surface area contributed by atoms with Crippen molar-refractivity contribution < 1.29 is 39.2 Å². The number of hydrogen-bond acceptors (Lipinski definition) is 13. The Hall–Kier alpha value is -4.21. The summed E-state index contributed by atoms with van der Waals surface area (Å²) in [5.41, 5.74) is -0.00683. The molecule has 0 saturated carbocycles. The molecule has 0 aliphatic carbocycles. The van der Waals surface area contributed by atoms with Crippen molar-refractivity contribution in [3.63, 3.8) is 0 Å². The zero-order chi connectivity index (χ0) is 41.9. The van der Waals surface area contributed by atoms with Crippen LogP contribution in [-0.2, 0) is 9.53 Å². The second-order valence-corrected chi connectivity index (χ2v) is 18.0. The summed E-state index contributed by atoms with van der Waals surface area (Å²) in [4.78, 5) is 38.8. The number of unbranched alkanes of at least 4 members (excludes halogenated alkanes) is 13. The van der Waals surface area contributed by atoms with E-state index in [1.54, 1.807) is 31.2 Å². The Balaban J connectivity index is 1.44. The Morgan fingerprint density at radius 2 is 1.24 bits per heavy atom. The van der Waals surface area contributed by atoms with E-state index >= 15 is 0 Å². The molecule has 1 atom stereocenters. The molecule has 0 aliphatic heterocycles. The van der Waals surface area contributed by atoms with Crippen LogP contribution in [0.1, 0.15) is 138 Å². The third-order valence-corrected chi connectivity index (χ3v) is 12.9. The van der Waals surface area contributed by atoms with Gasteiger partial charge >= 0.3 is 5.97 Å². The third-order valence-electron chi connectivity index (χ3n) is 9.62. The van der Waals surface area contributed by atoms with E-state index in [1.807, 2.05) is 6.92 Å². The molecule has 1 unspecified atom stereocenters. The van der Waals surface area contributed by atoms with Gasteiger partial charge in [0.1, 0.15) is 16.7 Å². The average Bonchev–Trinajstić information content (AvgIpc) is 3.67. The molecule has 0 saturated heterocycles. The number of nitrogens with one attached hydrogen (secondary N) is 2. The minimum Gasteiger partial charge on any atom is -0.506 e. The number of carbonyl (C=O) groups is 3. The fraction of sp³-hybridized carbons (Fsp3) is 0.512. The van der Waals surface area contributed by atoms with Gasteiger partial charge in [-0.3, -0.25) is 14.4 Å². The molecule has 15 heteroatoms. The summed E-state index contributed by atoms with van der Waals surface area (Å²) in [7, 11) is 1.30. The number of rotatable bonds is 26. The van der Waals surface area contributed by atoms with Crippen LogP contribution >= 0.6 is 34.9 Å². The van der Waals surface area contributed by atoms with E-state index in [0.717, 1.165) is 54.1 Å². The monoisotopic (exact) mass is 854 g/mol. The highest BCUT2D eigenvalue weighted by molar-refractivity contribution is 8.04. The number of ether oxygens (including phenoxy) is 2. The molecular weight excluding hydrogens is 797 g/mol. The molecule has 1 aromatic heterocycles. The SMILES string of the molecule is CCCCCCCCCCCCCCCCNC(=O)c1cc(Oc2cc(C(=O)NCCC)c(Sc3nnc(SC(C)C(=O)OC)s3)c(O)c2O)c2ccccc2c1O. The summed E-state index contributed by atoms with van der Waals surface area (Å²) in [5, 5.41) is 48.1. The van der Waals surface area contributed by atoms with E-state index in [-0.39, 0.29) is 33.3 Å². The first-order valence-electron chi connectivity index (χ1n) is 20.4. The molecule has 12 nitrogen and oxygen atoms in total. The standard InChI is InChI=1S/C43H58N4O8S3/c1-5-7-8-9-10-11-12-13-14-15-16-17-18-21-25-45-39(51)31-26-33(29-22-19-20-23-30(29)35(31)48)55-34-27-32(40(52)44-24-6-2)38(37(50)36(34)49)57-43-47-46-42(58-43)56-28(3)41(53)54-4/h19-20,22-23,26-28,48-50H,5-18,21,24-25H2,1-4H3,(H,44,52)(H,45,51). The zero-order valence-corrected chi connectivity index (χ0v) is 36.5. The van der Waals surface area contributed by atoms with Gasteiger partial charge in [0.15, 0.2) is 20.2 Å². The molecule has 4 rings (SSSR count). The maximum atomic E-state index is 13.5. The summed E-state index contributed by atoms with van der Waals surface area (Å²) in [6, 6.07) is 9.53. The summed E-state index contributed by atoms with van der Waals surface area (Å²) in [6.07, 6.45) is 18.0. The summed E-state index contributed by atoms with van der Waals surface area (Å²) >= 11 is 3.23. The average molecular weight is 855 g/mol. The normalized spacial score (nSPS) is 11.7. The lowest BCUT2D eigenvalue weighted by atomic mass is 10.0. The van der Waals surface area contributed by atoms with E-state index in [1.165, 1.54) is 89.9 Å². The van der Waals surface area contributed by atoms with Gasteiger partial charge in [-0.1, -0.05) is 156 Å².